The highest BCUT2D eigenvalue weighted by Crippen LogP contribution is 2.35. The van der Waals surface area contributed by atoms with Gasteiger partial charge in [-0.15, -0.1) is 0 Å². The maximum atomic E-state index is 5.15. The van der Waals surface area contributed by atoms with Crippen molar-refractivity contribution in [2.24, 2.45) is 4.99 Å². The standard InChI is InChI=1S/C24H24N4/c1-3-27-23(20-15-9-6-10-16-20)22(19-13-7-5-8-14-19)26-24(28(27)4-2)21-17-11-12-18-25-21/h5-18H,3-4H2,1-2H3. The normalized spacial score (nSPS) is 14.3. The number of benzene rings is 2. The summed E-state index contributed by atoms with van der Waals surface area (Å²) in [5.41, 5.74) is 5.23. The van der Waals surface area contributed by atoms with Crippen LogP contribution in [0.2, 0.25) is 0 Å². The second-order valence-corrected chi connectivity index (χ2v) is 6.51. The lowest BCUT2D eigenvalue weighted by molar-refractivity contribution is 0.129. The van der Waals surface area contributed by atoms with Gasteiger partial charge in [0.25, 0.3) is 0 Å². The Hall–Kier alpha value is -3.40. The van der Waals surface area contributed by atoms with E-state index in [9.17, 15) is 0 Å². The molecule has 1 aliphatic heterocycles. The van der Waals surface area contributed by atoms with E-state index in [0.29, 0.717) is 0 Å². The molecule has 2 heterocycles. The smallest absolute Gasteiger partial charge is 0.174 e. The van der Waals surface area contributed by atoms with Crippen molar-refractivity contribution in [1.82, 2.24) is 15.0 Å². The van der Waals surface area contributed by atoms with Gasteiger partial charge in [0.2, 0.25) is 0 Å². The third kappa shape index (κ3) is 3.29. The number of hydrogen-bond donors (Lipinski definition) is 0. The van der Waals surface area contributed by atoms with Crippen molar-refractivity contribution >= 4 is 17.2 Å². The first-order valence-corrected chi connectivity index (χ1v) is 9.73. The van der Waals surface area contributed by atoms with E-state index in [-0.39, 0.29) is 0 Å². The van der Waals surface area contributed by atoms with Crippen molar-refractivity contribution in [3.05, 3.63) is 102 Å². The lowest BCUT2D eigenvalue weighted by atomic mass is 10.0. The minimum Gasteiger partial charge on any atom is -0.281 e. The summed E-state index contributed by atoms with van der Waals surface area (Å²) in [5, 5.41) is 4.53. The molecule has 1 aromatic heterocycles. The van der Waals surface area contributed by atoms with Crippen LogP contribution in [0.15, 0.2) is 90.1 Å². The van der Waals surface area contributed by atoms with Crippen molar-refractivity contribution in [3.8, 4) is 0 Å². The van der Waals surface area contributed by atoms with Crippen molar-refractivity contribution < 1.29 is 0 Å². The first-order chi connectivity index (χ1) is 13.8. The topological polar surface area (TPSA) is 31.7 Å². The van der Waals surface area contributed by atoms with Gasteiger partial charge in [0.1, 0.15) is 5.69 Å². The Labute approximate surface area is 166 Å². The van der Waals surface area contributed by atoms with Gasteiger partial charge in [-0.3, -0.25) is 15.0 Å². The molecule has 0 saturated carbocycles. The molecule has 4 heteroatoms. The van der Waals surface area contributed by atoms with Crippen molar-refractivity contribution in [2.45, 2.75) is 13.8 Å². The monoisotopic (exact) mass is 368 g/mol. The molecule has 0 saturated heterocycles. The number of nitrogens with zero attached hydrogens (tertiary/aromatic N) is 4. The van der Waals surface area contributed by atoms with E-state index in [1.54, 1.807) is 0 Å². The van der Waals surface area contributed by atoms with Gasteiger partial charge in [0, 0.05) is 30.4 Å². The molecule has 4 nitrogen and oxygen atoms in total. The zero-order valence-corrected chi connectivity index (χ0v) is 16.3. The largest absolute Gasteiger partial charge is 0.281 e. The fraction of sp³-hybridized carbons (Fsp3) is 0.167. The van der Waals surface area contributed by atoms with Crippen molar-refractivity contribution in [3.63, 3.8) is 0 Å². The van der Waals surface area contributed by atoms with E-state index >= 15 is 0 Å². The number of pyridine rings is 1. The molecule has 0 N–H and O–H groups in total. The third-order valence-electron chi connectivity index (χ3n) is 4.82. The second kappa shape index (κ2) is 8.09. The predicted octanol–water partition coefficient (Wildman–Crippen LogP) is 4.93. The van der Waals surface area contributed by atoms with E-state index in [0.717, 1.165) is 47.1 Å². The van der Waals surface area contributed by atoms with Gasteiger partial charge < -0.3 is 0 Å². The SMILES string of the molecule is CCN1C(c2ccccn2)=NC(c2ccccc2)=C(c2ccccc2)N1CC. The van der Waals surface area contributed by atoms with Crippen LogP contribution in [0.1, 0.15) is 30.7 Å². The highest BCUT2D eigenvalue weighted by atomic mass is 15.7. The summed E-state index contributed by atoms with van der Waals surface area (Å²) < 4.78 is 0. The number of aliphatic imine (C=N–C) groups is 1. The van der Waals surface area contributed by atoms with E-state index in [4.69, 9.17) is 4.99 Å². The Morgan fingerprint density at radius 2 is 1.29 bits per heavy atom. The summed E-state index contributed by atoms with van der Waals surface area (Å²) in [6, 6.07) is 26.8. The fourth-order valence-electron chi connectivity index (χ4n) is 3.59. The minimum atomic E-state index is 0.807. The summed E-state index contributed by atoms with van der Waals surface area (Å²) in [6.45, 7) is 5.97. The molecule has 0 aliphatic carbocycles. The van der Waals surface area contributed by atoms with Gasteiger partial charge in [-0.1, -0.05) is 66.7 Å². The van der Waals surface area contributed by atoms with Gasteiger partial charge >= 0.3 is 0 Å². The Kier molecular flexibility index (Phi) is 5.20. The number of hydrogen-bond acceptors (Lipinski definition) is 4. The average molecular weight is 368 g/mol. The lowest BCUT2D eigenvalue weighted by Crippen LogP contribution is -2.48. The Bertz CT molecular complexity index is 979. The summed E-state index contributed by atoms with van der Waals surface area (Å²) >= 11 is 0. The van der Waals surface area contributed by atoms with Gasteiger partial charge in [-0.25, -0.2) is 4.99 Å². The van der Waals surface area contributed by atoms with Crippen LogP contribution >= 0.6 is 0 Å². The van der Waals surface area contributed by atoms with Crippen molar-refractivity contribution in [2.75, 3.05) is 13.1 Å². The maximum Gasteiger partial charge on any atom is 0.174 e. The van der Waals surface area contributed by atoms with Crippen LogP contribution in [0.5, 0.6) is 0 Å². The Morgan fingerprint density at radius 3 is 1.86 bits per heavy atom. The maximum absolute atomic E-state index is 5.15. The molecule has 0 unspecified atom stereocenters. The van der Waals surface area contributed by atoms with E-state index < -0.39 is 0 Å². The third-order valence-corrected chi connectivity index (χ3v) is 4.82. The van der Waals surface area contributed by atoms with Crippen LogP contribution in [0.4, 0.5) is 0 Å². The van der Waals surface area contributed by atoms with Crippen LogP contribution in [0.3, 0.4) is 0 Å². The minimum absolute atomic E-state index is 0.807. The van der Waals surface area contributed by atoms with Gasteiger partial charge in [0.05, 0.1) is 11.4 Å². The predicted molar refractivity (Wildman–Crippen MR) is 115 cm³/mol. The first kappa shape index (κ1) is 18.0. The molecule has 3 aromatic rings. The van der Waals surface area contributed by atoms with Crippen LogP contribution in [0, 0.1) is 0 Å². The summed E-state index contributed by atoms with van der Waals surface area (Å²) in [4.78, 5) is 9.72. The van der Waals surface area contributed by atoms with Crippen molar-refractivity contribution in [1.29, 1.82) is 0 Å². The molecular weight excluding hydrogens is 344 g/mol. The average Bonchev–Trinajstić information content (AvgIpc) is 2.79. The van der Waals surface area contributed by atoms with Crippen LogP contribution < -0.4 is 0 Å². The van der Waals surface area contributed by atoms with E-state index in [2.05, 4.69) is 77.4 Å². The lowest BCUT2D eigenvalue weighted by Gasteiger charge is -2.42. The number of rotatable bonds is 5. The summed E-state index contributed by atoms with van der Waals surface area (Å²) in [5.74, 6) is 0.878. The number of aromatic nitrogens is 1. The molecular formula is C24H24N4. The highest BCUT2D eigenvalue weighted by Gasteiger charge is 2.30. The Morgan fingerprint density at radius 1 is 0.679 bits per heavy atom. The summed E-state index contributed by atoms with van der Waals surface area (Å²) in [6.07, 6.45) is 1.82. The molecule has 0 atom stereocenters. The second-order valence-electron chi connectivity index (χ2n) is 6.51. The molecule has 140 valence electrons. The molecule has 0 bridgehead atoms. The van der Waals surface area contributed by atoms with E-state index in [1.165, 1.54) is 0 Å². The van der Waals surface area contributed by atoms with Gasteiger partial charge in [0.15, 0.2) is 5.84 Å². The Balaban J connectivity index is 2.00. The van der Waals surface area contributed by atoms with Gasteiger partial charge in [-0.05, 0) is 26.0 Å². The quantitative estimate of drug-likeness (QED) is 0.640. The molecule has 1 aliphatic rings. The molecule has 0 amide bonds. The van der Waals surface area contributed by atoms with Crippen LogP contribution in [-0.4, -0.2) is 33.9 Å². The molecule has 0 fully saturated rings. The zero-order valence-electron chi connectivity index (χ0n) is 16.3. The zero-order chi connectivity index (χ0) is 19.3. The molecule has 2 aromatic carbocycles. The molecule has 0 spiro atoms. The van der Waals surface area contributed by atoms with Crippen LogP contribution in [-0.2, 0) is 0 Å². The van der Waals surface area contributed by atoms with Crippen LogP contribution in [0.25, 0.3) is 11.4 Å². The summed E-state index contributed by atoms with van der Waals surface area (Å²) in [7, 11) is 0. The van der Waals surface area contributed by atoms with Gasteiger partial charge in [-0.2, -0.15) is 0 Å². The highest BCUT2D eigenvalue weighted by molar-refractivity contribution is 6.06. The molecule has 0 radical (unpaired) electrons. The number of amidine groups is 1. The van der Waals surface area contributed by atoms with E-state index in [1.807, 2.05) is 36.5 Å². The number of hydrazine groups is 1. The molecule has 4 rings (SSSR count). The molecule has 28 heavy (non-hydrogen) atoms. The first-order valence-electron chi connectivity index (χ1n) is 9.73. The fourth-order valence-corrected chi connectivity index (χ4v) is 3.59.